The molecule has 1 unspecified atom stereocenters. The third-order valence-electron chi connectivity index (χ3n) is 4.80. The van der Waals surface area contributed by atoms with Crippen LogP contribution in [0.3, 0.4) is 0 Å². The van der Waals surface area contributed by atoms with Crippen LogP contribution in [0, 0.1) is 5.92 Å². The molecule has 1 saturated carbocycles. The van der Waals surface area contributed by atoms with E-state index in [1.165, 1.54) is 0 Å². The van der Waals surface area contributed by atoms with Crippen molar-refractivity contribution in [3.8, 4) is 0 Å². The monoisotopic (exact) mass is 365 g/mol. The highest BCUT2D eigenvalue weighted by atomic mass is 16.2. The fraction of sp³-hybridized carbons (Fsp3) is 0.316. The Balaban J connectivity index is 1.56. The highest BCUT2D eigenvalue weighted by Crippen LogP contribution is 2.36. The van der Waals surface area contributed by atoms with Crippen molar-refractivity contribution in [1.82, 2.24) is 15.3 Å². The highest BCUT2D eigenvalue weighted by molar-refractivity contribution is 6.05. The van der Waals surface area contributed by atoms with E-state index in [-0.39, 0.29) is 35.8 Å². The van der Waals surface area contributed by atoms with E-state index in [2.05, 4.69) is 20.6 Å². The number of anilines is 2. The van der Waals surface area contributed by atoms with E-state index < -0.39 is 11.8 Å². The van der Waals surface area contributed by atoms with E-state index in [4.69, 9.17) is 5.73 Å². The first kappa shape index (κ1) is 17.1. The molecule has 1 aromatic heterocycles. The number of aromatic nitrogens is 2. The molecule has 1 aromatic carbocycles. The number of nitrogens with one attached hydrogen (secondary N) is 2. The van der Waals surface area contributed by atoms with Gasteiger partial charge in [0.1, 0.15) is 5.69 Å². The fourth-order valence-electron chi connectivity index (χ4n) is 3.15. The van der Waals surface area contributed by atoms with Crippen molar-refractivity contribution in [3.63, 3.8) is 0 Å². The van der Waals surface area contributed by atoms with Gasteiger partial charge in [0.05, 0.1) is 18.2 Å². The second kappa shape index (κ2) is 6.79. The third-order valence-corrected chi connectivity index (χ3v) is 4.80. The second-order valence-corrected chi connectivity index (χ2v) is 6.85. The largest absolute Gasteiger partial charge is 0.382 e. The third kappa shape index (κ3) is 3.51. The Hall–Kier alpha value is -3.29. The number of benzene rings is 1. The lowest BCUT2D eigenvalue weighted by Crippen LogP contribution is -2.32. The van der Waals surface area contributed by atoms with Crippen molar-refractivity contribution in [1.29, 1.82) is 0 Å². The Morgan fingerprint density at radius 3 is 2.63 bits per heavy atom. The van der Waals surface area contributed by atoms with Gasteiger partial charge in [-0.2, -0.15) is 0 Å². The lowest BCUT2D eigenvalue weighted by atomic mass is 9.97. The molecule has 27 heavy (non-hydrogen) atoms. The Morgan fingerprint density at radius 2 is 1.93 bits per heavy atom. The molecule has 2 amide bonds. The Kier molecular flexibility index (Phi) is 4.31. The summed E-state index contributed by atoms with van der Waals surface area (Å²) >= 11 is 0. The lowest BCUT2D eigenvalue weighted by Gasteiger charge is -2.10. The van der Waals surface area contributed by atoms with Crippen LogP contribution in [0.2, 0.25) is 0 Å². The molecule has 0 radical (unpaired) electrons. The Morgan fingerprint density at radius 1 is 1.19 bits per heavy atom. The summed E-state index contributed by atoms with van der Waals surface area (Å²) in [6, 6.07) is 9.54. The zero-order valence-corrected chi connectivity index (χ0v) is 14.6. The fourth-order valence-corrected chi connectivity index (χ4v) is 3.15. The van der Waals surface area contributed by atoms with E-state index in [0.29, 0.717) is 17.8 Å². The number of ketones is 1. The van der Waals surface area contributed by atoms with Gasteiger partial charge in [-0.25, -0.2) is 9.97 Å². The highest BCUT2D eigenvalue weighted by Gasteiger charge is 2.35. The molecule has 1 aliphatic heterocycles. The summed E-state index contributed by atoms with van der Waals surface area (Å²) in [4.78, 5) is 44.8. The zero-order chi connectivity index (χ0) is 19.0. The van der Waals surface area contributed by atoms with Crippen LogP contribution in [0.4, 0.5) is 11.5 Å². The van der Waals surface area contributed by atoms with Crippen molar-refractivity contribution in [2.45, 2.75) is 25.2 Å². The molecule has 8 heteroatoms. The van der Waals surface area contributed by atoms with Crippen LogP contribution in [0.15, 0.2) is 30.3 Å². The van der Waals surface area contributed by atoms with Gasteiger partial charge in [0, 0.05) is 5.92 Å². The van der Waals surface area contributed by atoms with Crippen molar-refractivity contribution < 1.29 is 14.4 Å². The average Bonchev–Trinajstić information content (AvgIpc) is 3.47. The van der Waals surface area contributed by atoms with E-state index in [1.54, 1.807) is 0 Å². The van der Waals surface area contributed by atoms with Crippen LogP contribution >= 0.6 is 0 Å². The lowest BCUT2D eigenvalue weighted by molar-refractivity contribution is -0.119. The predicted octanol–water partition coefficient (Wildman–Crippen LogP) is 1.05. The minimum atomic E-state index is -0.573. The van der Waals surface area contributed by atoms with Gasteiger partial charge in [0.15, 0.2) is 11.6 Å². The van der Waals surface area contributed by atoms with Gasteiger partial charge >= 0.3 is 0 Å². The van der Waals surface area contributed by atoms with E-state index >= 15 is 0 Å². The summed E-state index contributed by atoms with van der Waals surface area (Å²) in [6.07, 6.45) is 2.20. The van der Waals surface area contributed by atoms with Crippen molar-refractivity contribution >= 4 is 29.1 Å². The summed E-state index contributed by atoms with van der Waals surface area (Å²) < 4.78 is 0. The van der Waals surface area contributed by atoms with E-state index in [1.807, 2.05) is 30.3 Å². The molecule has 0 bridgehead atoms. The molecular formula is C19H19N5O3. The molecule has 4 N–H and O–H groups in total. The average molecular weight is 365 g/mol. The molecule has 2 heterocycles. The maximum atomic E-state index is 12.4. The minimum Gasteiger partial charge on any atom is -0.382 e. The van der Waals surface area contributed by atoms with Gasteiger partial charge in [-0.05, 0) is 24.8 Å². The minimum absolute atomic E-state index is 0.0104. The van der Waals surface area contributed by atoms with Crippen molar-refractivity contribution in [2.75, 3.05) is 17.6 Å². The molecule has 4 rings (SSSR count). The summed E-state index contributed by atoms with van der Waals surface area (Å²) in [5.74, 6) is -1.36. The zero-order valence-electron chi connectivity index (χ0n) is 14.6. The molecule has 1 fully saturated rings. The van der Waals surface area contributed by atoms with Gasteiger partial charge in [-0.1, -0.05) is 30.3 Å². The molecule has 138 valence electrons. The van der Waals surface area contributed by atoms with Gasteiger partial charge < -0.3 is 16.4 Å². The van der Waals surface area contributed by atoms with Crippen LogP contribution in [0.1, 0.15) is 40.6 Å². The first-order valence-corrected chi connectivity index (χ1v) is 8.86. The Bertz CT molecular complexity index is 924. The smallest absolute Gasteiger partial charge is 0.289 e. The van der Waals surface area contributed by atoms with Crippen molar-refractivity contribution in [3.05, 3.63) is 47.4 Å². The standard InChI is InChI=1S/C19H19N5O3/c20-16-15-14(12(18(26)23-15)8-10-4-2-1-3-5-10)22-17(24-16)19(27)21-9-13(25)11-6-7-11/h1-5,11-12H,6-9H2,(H,21,27)(H,23,26)(H2,20,22,24). The summed E-state index contributed by atoms with van der Waals surface area (Å²) in [7, 11) is 0. The molecule has 0 spiro atoms. The number of nitrogens with zero attached hydrogens (tertiary/aromatic N) is 2. The van der Waals surface area contributed by atoms with Crippen LogP contribution in [0.5, 0.6) is 0 Å². The van der Waals surface area contributed by atoms with Crippen LogP contribution in [0.25, 0.3) is 0 Å². The SMILES string of the molecule is Nc1nc(C(=O)NCC(=O)C2CC2)nc2c1NC(=O)C2Cc1ccccc1. The summed E-state index contributed by atoms with van der Waals surface area (Å²) in [6.45, 7) is -0.0471. The summed E-state index contributed by atoms with van der Waals surface area (Å²) in [5.41, 5.74) is 7.67. The van der Waals surface area contributed by atoms with Gasteiger partial charge in [-0.3, -0.25) is 14.4 Å². The molecule has 1 aliphatic carbocycles. The number of Topliss-reactive ketones (excluding diaryl/α,β-unsaturated/α-hetero) is 1. The predicted molar refractivity (Wildman–Crippen MR) is 98.0 cm³/mol. The number of rotatable bonds is 6. The number of hydrogen-bond donors (Lipinski definition) is 3. The number of nitrogens with two attached hydrogens (primary N) is 1. The maximum absolute atomic E-state index is 12.4. The van der Waals surface area contributed by atoms with Crippen LogP contribution in [-0.4, -0.2) is 34.1 Å². The second-order valence-electron chi connectivity index (χ2n) is 6.85. The van der Waals surface area contributed by atoms with Crippen molar-refractivity contribution in [2.24, 2.45) is 5.92 Å². The van der Waals surface area contributed by atoms with Gasteiger partial charge in [-0.15, -0.1) is 0 Å². The topological polar surface area (TPSA) is 127 Å². The van der Waals surface area contributed by atoms with Crippen LogP contribution in [-0.2, 0) is 16.0 Å². The number of amides is 2. The Labute approximate surface area is 155 Å². The molecule has 2 aromatic rings. The molecule has 8 nitrogen and oxygen atoms in total. The number of fused-ring (bicyclic) bond motifs is 1. The first-order valence-electron chi connectivity index (χ1n) is 8.86. The quantitative estimate of drug-likeness (QED) is 0.702. The van der Waals surface area contributed by atoms with E-state index in [0.717, 1.165) is 18.4 Å². The molecule has 0 saturated heterocycles. The molecule has 2 aliphatic rings. The number of nitrogen functional groups attached to an aromatic ring is 1. The maximum Gasteiger partial charge on any atom is 0.289 e. The first-order chi connectivity index (χ1) is 13.0. The molecular weight excluding hydrogens is 346 g/mol. The number of carbonyl (C=O) groups excluding carboxylic acids is 3. The number of carbonyl (C=O) groups is 3. The number of hydrogen-bond acceptors (Lipinski definition) is 6. The normalized spacial score (nSPS) is 17.9. The summed E-state index contributed by atoms with van der Waals surface area (Å²) in [5, 5.41) is 5.24. The van der Waals surface area contributed by atoms with Gasteiger partial charge in [0.25, 0.3) is 5.91 Å². The van der Waals surface area contributed by atoms with E-state index in [9.17, 15) is 14.4 Å². The van der Waals surface area contributed by atoms with Crippen LogP contribution < -0.4 is 16.4 Å². The molecule has 1 atom stereocenters. The van der Waals surface area contributed by atoms with Gasteiger partial charge in [0.2, 0.25) is 11.7 Å².